The second-order valence-electron chi connectivity index (χ2n) is 5.72. The summed E-state index contributed by atoms with van der Waals surface area (Å²) in [7, 11) is 4.55. The third-order valence-electron chi connectivity index (χ3n) is 4.02. The van der Waals surface area contributed by atoms with Crippen molar-refractivity contribution in [2.45, 2.75) is 12.3 Å². The van der Waals surface area contributed by atoms with E-state index in [9.17, 15) is 14.4 Å². The fraction of sp³-hybridized carbons (Fsp3) is 0.500. The Hall–Kier alpha value is -2.62. The molecular weight excluding hydrogens is 388 g/mol. The minimum atomic E-state index is -0.531. The maximum atomic E-state index is 12.3. The maximum Gasteiger partial charge on any atom is 0.325 e. The van der Waals surface area contributed by atoms with Gasteiger partial charge in [0.15, 0.2) is 11.5 Å². The van der Waals surface area contributed by atoms with Crippen molar-refractivity contribution in [2.24, 2.45) is 0 Å². The van der Waals surface area contributed by atoms with E-state index < -0.39 is 17.3 Å². The van der Waals surface area contributed by atoms with E-state index in [0.29, 0.717) is 22.8 Å². The summed E-state index contributed by atoms with van der Waals surface area (Å²) in [6.07, 6.45) is 0. The van der Waals surface area contributed by atoms with Crippen LogP contribution >= 0.6 is 11.8 Å². The molecule has 0 spiro atoms. The van der Waals surface area contributed by atoms with Crippen LogP contribution in [0.5, 0.6) is 17.2 Å². The number of thioether (sulfide) groups is 1. The Morgan fingerprint density at radius 3 is 2.39 bits per heavy atom. The fourth-order valence-corrected chi connectivity index (χ4v) is 3.92. The second-order valence-corrected chi connectivity index (χ2v) is 6.78. The van der Waals surface area contributed by atoms with Crippen LogP contribution in [0.15, 0.2) is 12.1 Å². The molecule has 28 heavy (non-hydrogen) atoms. The highest BCUT2D eigenvalue weighted by Gasteiger charge is 2.36. The summed E-state index contributed by atoms with van der Waals surface area (Å²) in [5, 5.41) is 2.03. The molecule has 1 fully saturated rings. The predicted molar refractivity (Wildman–Crippen MR) is 103 cm³/mol. The summed E-state index contributed by atoms with van der Waals surface area (Å²) in [5.41, 5.74) is 0.689. The van der Waals surface area contributed by atoms with Crippen LogP contribution in [-0.2, 0) is 19.1 Å². The second kappa shape index (κ2) is 10.1. The maximum absolute atomic E-state index is 12.3. The van der Waals surface area contributed by atoms with Crippen LogP contribution in [0.25, 0.3) is 0 Å². The van der Waals surface area contributed by atoms with Crippen molar-refractivity contribution in [1.29, 1.82) is 0 Å². The van der Waals surface area contributed by atoms with Crippen molar-refractivity contribution in [3.05, 3.63) is 17.7 Å². The van der Waals surface area contributed by atoms with Crippen molar-refractivity contribution in [3.8, 4) is 17.2 Å². The van der Waals surface area contributed by atoms with E-state index in [1.165, 1.54) is 38.0 Å². The highest BCUT2D eigenvalue weighted by molar-refractivity contribution is 8.00. The molecular formula is C18H24N2O7S. The van der Waals surface area contributed by atoms with Gasteiger partial charge in [0.05, 0.1) is 33.7 Å². The lowest BCUT2D eigenvalue weighted by Crippen LogP contribution is -2.41. The first kappa shape index (κ1) is 21.7. The fourth-order valence-electron chi connectivity index (χ4n) is 2.72. The predicted octanol–water partition coefficient (Wildman–Crippen LogP) is 0.966. The Balaban J connectivity index is 2.19. The number of methoxy groups -OCH3 is 3. The number of benzene rings is 1. The minimum absolute atomic E-state index is 0.182. The number of carbonyl (C=O) groups is 3. The Morgan fingerprint density at radius 2 is 1.79 bits per heavy atom. The smallest absolute Gasteiger partial charge is 0.325 e. The first-order chi connectivity index (χ1) is 13.4. The summed E-state index contributed by atoms with van der Waals surface area (Å²) in [5.74, 6) is 0.568. The Morgan fingerprint density at radius 1 is 1.14 bits per heavy atom. The van der Waals surface area contributed by atoms with Gasteiger partial charge in [0.1, 0.15) is 24.2 Å². The van der Waals surface area contributed by atoms with Gasteiger partial charge in [-0.2, -0.15) is 0 Å². The van der Waals surface area contributed by atoms with Crippen molar-refractivity contribution in [2.75, 3.05) is 46.8 Å². The number of hydrogen-bond donors (Lipinski definition) is 1. The average Bonchev–Trinajstić information content (AvgIpc) is 3.05. The van der Waals surface area contributed by atoms with Crippen LogP contribution in [0, 0.1) is 0 Å². The van der Waals surface area contributed by atoms with Crippen molar-refractivity contribution < 1.29 is 33.3 Å². The molecule has 10 heteroatoms. The van der Waals surface area contributed by atoms with Crippen molar-refractivity contribution in [1.82, 2.24) is 10.2 Å². The molecule has 0 saturated carbocycles. The molecule has 1 N–H and O–H groups in total. The number of esters is 1. The molecule has 1 saturated heterocycles. The van der Waals surface area contributed by atoms with E-state index in [4.69, 9.17) is 18.9 Å². The minimum Gasteiger partial charge on any atom is -0.496 e. The Kier molecular flexibility index (Phi) is 7.80. The highest BCUT2D eigenvalue weighted by atomic mass is 32.2. The SMILES string of the molecule is CCOC(=O)CNC(=O)CN1C(=O)CSC1c1cc(OC)c(OC)cc1OC. The molecule has 1 aromatic rings. The zero-order valence-electron chi connectivity index (χ0n) is 16.3. The molecule has 2 rings (SSSR count). The van der Waals surface area contributed by atoms with Crippen LogP contribution in [0.2, 0.25) is 0 Å². The molecule has 0 aliphatic carbocycles. The Bertz CT molecular complexity index is 741. The van der Waals surface area contributed by atoms with Gasteiger partial charge >= 0.3 is 5.97 Å². The van der Waals surface area contributed by atoms with Gasteiger partial charge in [-0.15, -0.1) is 11.8 Å². The van der Waals surface area contributed by atoms with Gasteiger partial charge in [-0.25, -0.2) is 0 Å². The van der Waals surface area contributed by atoms with E-state index in [2.05, 4.69) is 5.32 Å². The van der Waals surface area contributed by atoms with Crippen LogP contribution in [-0.4, -0.2) is 69.5 Å². The first-order valence-corrected chi connectivity index (χ1v) is 9.63. The summed E-state index contributed by atoms with van der Waals surface area (Å²) < 4.78 is 20.8. The number of nitrogens with zero attached hydrogens (tertiary/aromatic N) is 1. The van der Waals surface area contributed by atoms with E-state index in [1.807, 2.05) is 0 Å². The van der Waals surface area contributed by atoms with E-state index >= 15 is 0 Å². The number of rotatable bonds is 9. The van der Waals surface area contributed by atoms with Gasteiger partial charge in [-0.1, -0.05) is 0 Å². The zero-order valence-corrected chi connectivity index (χ0v) is 17.1. The molecule has 1 aliphatic rings. The number of nitrogens with one attached hydrogen (secondary N) is 1. The molecule has 0 aromatic heterocycles. The van der Waals surface area contributed by atoms with Gasteiger partial charge in [-0.05, 0) is 13.0 Å². The van der Waals surface area contributed by atoms with Crippen LogP contribution < -0.4 is 19.5 Å². The largest absolute Gasteiger partial charge is 0.496 e. The molecule has 0 radical (unpaired) electrons. The van der Waals surface area contributed by atoms with Gasteiger partial charge in [0, 0.05) is 11.6 Å². The molecule has 2 amide bonds. The van der Waals surface area contributed by atoms with Gasteiger partial charge in [0.25, 0.3) is 0 Å². The number of amides is 2. The molecule has 1 atom stereocenters. The summed E-state index contributed by atoms with van der Waals surface area (Å²) in [6.45, 7) is 1.48. The van der Waals surface area contributed by atoms with Crippen molar-refractivity contribution in [3.63, 3.8) is 0 Å². The summed E-state index contributed by atoms with van der Waals surface area (Å²) in [4.78, 5) is 37.4. The zero-order chi connectivity index (χ0) is 20.7. The van der Waals surface area contributed by atoms with E-state index in [1.54, 1.807) is 19.1 Å². The molecule has 9 nitrogen and oxygen atoms in total. The summed E-state index contributed by atoms with van der Waals surface area (Å²) in [6, 6.07) is 3.41. The first-order valence-electron chi connectivity index (χ1n) is 8.58. The lowest BCUT2D eigenvalue weighted by molar-refractivity contribution is -0.143. The molecule has 154 valence electrons. The number of ether oxygens (including phenoxy) is 4. The van der Waals surface area contributed by atoms with Crippen LogP contribution in [0.3, 0.4) is 0 Å². The van der Waals surface area contributed by atoms with Gasteiger partial charge < -0.3 is 29.2 Å². The molecule has 1 aliphatic heterocycles. The molecule has 1 unspecified atom stereocenters. The van der Waals surface area contributed by atoms with E-state index in [-0.39, 0.29) is 31.4 Å². The topological polar surface area (TPSA) is 103 Å². The van der Waals surface area contributed by atoms with Crippen molar-refractivity contribution >= 4 is 29.5 Å². The highest BCUT2D eigenvalue weighted by Crippen LogP contribution is 2.46. The molecule has 1 aromatic carbocycles. The normalized spacial score (nSPS) is 15.9. The Labute approximate surface area is 167 Å². The standard InChI is InChI=1S/C18H24N2O7S/c1-5-27-17(23)8-19-15(21)9-20-16(22)10-28-18(20)11-6-13(25-3)14(26-4)7-12(11)24-2/h6-7,18H,5,8-10H2,1-4H3,(H,19,21). The molecule has 0 bridgehead atoms. The third-order valence-corrected chi connectivity index (χ3v) is 5.26. The monoisotopic (exact) mass is 412 g/mol. The van der Waals surface area contributed by atoms with Crippen LogP contribution in [0.4, 0.5) is 0 Å². The quantitative estimate of drug-likeness (QED) is 0.599. The average molecular weight is 412 g/mol. The lowest BCUT2D eigenvalue weighted by atomic mass is 10.1. The third kappa shape index (κ3) is 5.00. The van der Waals surface area contributed by atoms with E-state index in [0.717, 1.165) is 0 Å². The van der Waals surface area contributed by atoms with Gasteiger partial charge in [-0.3, -0.25) is 14.4 Å². The molecule has 1 heterocycles. The lowest BCUT2D eigenvalue weighted by Gasteiger charge is -2.25. The summed E-state index contributed by atoms with van der Waals surface area (Å²) >= 11 is 1.38. The number of carbonyl (C=O) groups excluding carboxylic acids is 3. The van der Waals surface area contributed by atoms with Crippen LogP contribution in [0.1, 0.15) is 17.9 Å². The number of hydrogen-bond acceptors (Lipinski definition) is 8. The van der Waals surface area contributed by atoms with Gasteiger partial charge in [0.2, 0.25) is 11.8 Å².